The predicted octanol–water partition coefficient (Wildman–Crippen LogP) is 6.01. The molecule has 4 rings (SSSR count). The van der Waals surface area contributed by atoms with Gasteiger partial charge in [-0.25, -0.2) is 0 Å². The zero-order chi connectivity index (χ0) is 25.2. The lowest BCUT2D eigenvalue weighted by atomic mass is 10.0. The van der Waals surface area contributed by atoms with Gasteiger partial charge < -0.3 is 10.2 Å². The SMILES string of the molecule is O=C(NCCc1ccccc1)[C@@H](c1ccccc1)N(Cc1ccccc1)C(=O)Cc1ccc(Cl)cc1. The van der Waals surface area contributed by atoms with Crippen LogP contribution < -0.4 is 5.32 Å². The Kier molecular flexibility index (Phi) is 8.90. The van der Waals surface area contributed by atoms with E-state index in [0.717, 1.165) is 22.3 Å². The van der Waals surface area contributed by atoms with Crippen molar-refractivity contribution < 1.29 is 9.59 Å². The van der Waals surface area contributed by atoms with Gasteiger partial charge in [0.15, 0.2) is 0 Å². The summed E-state index contributed by atoms with van der Waals surface area (Å²) in [7, 11) is 0. The van der Waals surface area contributed by atoms with Crippen LogP contribution >= 0.6 is 11.6 Å². The second-order valence-electron chi connectivity index (χ2n) is 8.65. The third-order valence-corrected chi connectivity index (χ3v) is 6.27. The molecule has 0 aliphatic heterocycles. The molecule has 0 saturated heterocycles. The molecule has 5 heteroatoms. The van der Waals surface area contributed by atoms with Gasteiger partial charge in [-0.05, 0) is 40.8 Å². The maximum absolute atomic E-state index is 13.7. The van der Waals surface area contributed by atoms with Crippen LogP contribution in [0.3, 0.4) is 0 Å². The van der Waals surface area contributed by atoms with Gasteiger partial charge in [0, 0.05) is 18.1 Å². The van der Waals surface area contributed by atoms with Crippen molar-refractivity contribution in [2.24, 2.45) is 0 Å². The highest BCUT2D eigenvalue weighted by Gasteiger charge is 2.31. The van der Waals surface area contributed by atoms with Crippen molar-refractivity contribution in [3.8, 4) is 0 Å². The van der Waals surface area contributed by atoms with Gasteiger partial charge in [0.2, 0.25) is 11.8 Å². The molecule has 0 unspecified atom stereocenters. The van der Waals surface area contributed by atoms with Gasteiger partial charge in [0.05, 0.1) is 6.42 Å². The number of carbonyl (C=O) groups is 2. The molecule has 4 aromatic rings. The Hall–Kier alpha value is -3.89. The highest BCUT2D eigenvalue weighted by molar-refractivity contribution is 6.30. The monoisotopic (exact) mass is 496 g/mol. The topological polar surface area (TPSA) is 49.4 Å². The quantitative estimate of drug-likeness (QED) is 0.292. The third kappa shape index (κ3) is 7.06. The van der Waals surface area contributed by atoms with Gasteiger partial charge >= 0.3 is 0 Å². The van der Waals surface area contributed by atoms with Crippen molar-refractivity contribution in [2.45, 2.75) is 25.4 Å². The van der Waals surface area contributed by atoms with Gasteiger partial charge in [-0.15, -0.1) is 0 Å². The van der Waals surface area contributed by atoms with Crippen LogP contribution in [0.1, 0.15) is 28.3 Å². The van der Waals surface area contributed by atoms with Crippen molar-refractivity contribution in [2.75, 3.05) is 6.54 Å². The van der Waals surface area contributed by atoms with E-state index in [2.05, 4.69) is 5.32 Å². The van der Waals surface area contributed by atoms with E-state index >= 15 is 0 Å². The molecule has 0 aromatic heterocycles. The maximum atomic E-state index is 13.7. The van der Waals surface area contributed by atoms with E-state index in [1.807, 2.05) is 103 Å². The summed E-state index contributed by atoms with van der Waals surface area (Å²) in [5.41, 5.74) is 3.72. The molecule has 0 heterocycles. The number of hydrogen-bond donors (Lipinski definition) is 1. The summed E-state index contributed by atoms with van der Waals surface area (Å²) >= 11 is 6.03. The first-order chi connectivity index (χ1) is 17.6. The van der Waals surface area contributed by atoms with Crippen LogP contribution in [0.5, 0.6) is 0 Å². The Labute approximate surface area is 217 Å². The number of nitrogens with zero attached hydrogens (tertiary/aromatic N) is 1. The first kappa shape index (κ1) is 25.2. The molecule has 1 N–H and O–H groups in total. The summed E-state index contributed by atoms with van der Waals surface area (Å²) < 4.78 is 0. The summed E-state index contributed by atoms with van der Waals surface area (Å²) in [5, 5.41) is 3.69. The fraction of sp³-hybridized carbons (Fsp3) is 0.161. The molecule has 0 aliphatic rings. The number of halogens is 1. The minimum absolute atomic E-state index is 0.131. The van der Waals surface area contributed by atoms with Gasteiger partial charge in [0.25, 0.3) is 0 Å². The molecule has 0 aliphatic carbocycles. The molecule has 4 aromatic carbocycles. The standard InChI is InChI=1S/C31H29ClN2O2/c32-28-18-16-25(17-19-28)22-29(35)34(23-26-12-6-2-7-13-26)30(27-14-8-3-9-15-27)31(36)33-21-20-24-10-4-1-5-11-24/h1-19,30H,20-23H2,(H,33,36)/t30-/m1/s1. The highest BCUT2D eigenvalue weighted by atomic mass is 35.5. The number of nitrogens with one attached hydrogen (secondary N) is 1. The largest absolute Gasteiger partial charge is 0.354 e. The van der Waals surface area contributed by atoms with Crippen LogP contribution in [-0.4, -0.2) is 23.3 Å². The molecule has 0 radical (unpaired) electrons. The lowest BCUT2D eigenvalue weighted by Crippen LogP contribution is -2.44. The van der Waals surface area contributed by atoms with E-state index in [0.29, 0.717) is 24.5 Å². The normalized spacial score (nSPS) is 11.5. The minimum Gasteiger partial charge on any atom is -0.354 e. The number of hydrogen-bond acceptors (Lipinski definition) is 2. The zero-order valence-electron chi connectivity index (χ0n) is 20.0. The van der Waals surface area contributed by atoms with Gasteiger partial charge in [-0.3, -0.25) is 9.59 Å². The van der Waals surface area contributed by atoms with Crippen molar-refractivity contribution in [3.05, 3.63) is 143 Å². The van der Waals surface area contributed by atoms with Crippen LogP contribution in [-0.2, 0) is 29.0 Å². The van der Waals surface area contributed by atoms with Crippen molar-refractivity contribution in [1.29, 1.82) is 0 Å². The maximum Gasteiger partial charge on any atom is 0.247 e. The van der Waals surface area contributed by atoms with Gasteiger partial charge in [-0.1, -0.05) is 115 Å². The first-order valence-electron chi connectivity index (χ1n) is 12.0. The molecule has 36 heavy (non-hydrogen) atoms. The highest BCUT2D eigenvalue weighted by Crippen LogP contribution is 2.25. The molecular weight excluding hydrogens is 468 g/mol. The molecule has 2 amide bonds. The molecule has 1 atom stereocenters. The second-order valence-corrected chi connectivity index (χ2v) is 9.09. The van der Waals surface area contributed by atoms with Crippen LogP contribution in [0.4, 0.5) is 0 Å². The Morgan fingerprint density at radius 1 is 0.694 bits per heavy atom. The molecule has 182 valence electrons. The predicted molar refractivity (Wildman–Crippen MR) is 144 cm³/mol. The summed E-state index contributed by atoms with van der Waals surface area (Å²) in [6, 6.07) is 35.8. The summed E-state index contributed by atoms with van der Waals surface area (Å²) in [6.45, 7) is 0.801. The van der Waals surface area contributed by atoms with Crippen LogP contribution in [0.15, 0.2) is 115 Å². The average Bonchev–Trinajstić information content (AvgIpc) is 2.91. The van der Waals surface area contributed by atoms with E-state index in [1.165, 1.54) is 0 Å². The van der Waals surface area contributed by atoms with Crippen LogP contribution in [0.25, 0.3) is 0 Å². The van der Waals surface area contributed by atoms with Gasteiger partial charge in [-0.2, -0.15) is 0 Å². The van der Waals surface area contributed by atoms with Crippen LogP contribution in [0.2, 0.25) is 5.02 Å². The van der Waals surface area contributed by atoms with Crippen molar-refractivity contribution in [3.63, 3.8) is 0 Å². The van der Waals surface area contributed by atoms with E-state index < -0.39 is 6.04 Å². The Balaban J connectivity index is 1.61. The fourth-order valence-electron chi connectivity index (χ4n) is 4.16. The fourth-order valence-corrected chi connectivity index (χ4v) is 4.29. The Morgan fingerprint density at radius 3 is 1.86 bits per heavy atom. The van der Waals surface area contributed by atoms with E-state index in [1.54, 1.807) is 17.0 Å². The van der Waals surface area contributed by atoms with Crippen molar-refractivity contribution >= 4 is 23.4 Å². The number of benzene rings is 4. The summed E-state index contributed by atoms with van der Waals surface area (Å²) in [4.78, 5) is 29.1. The second kappa shape index (κ2) is 12.7. The first-order valence-corrected chi connectivity index (χ1v) is 12.4. The average molecular weight is 497 g/mol. The smallest absolute Gasteiger partial charge is 0.247 e. The number of amides is 2. The minimum atomic E-state index is -0.762. The Morgan fingerprint density at radius 2 is 1.25 bits per heavy atom. The zero-order valence-corrected chi connectivity index (χ0v) is 20.8. The summed E-state index contributed by atoms with van der Waals surface area (Å²) in [6.07, 6.45) is 0.885. The lowest BCUT2D eigenvalue weighted by molar-refractivity contribution is -0.141. The molecule has 0 fully saturated rings. The molecule has 0 bridgehead atoms. The molecular formula is C31H29ClN2O2. The van der Waals surface area contributed by atoms with E-state index in [9.17, 15) is 9.59 Å². The van der Waals surface area contributed by atoms with Crippen LogP contribution in [0, 0.1) is 0 Å². The summed E-state index contributed by atoms with van der Waals surface area (Å²) in [5.74, 6) is -0.328. The van der Waals surface area contributed by atoms with Gasteiger partial charge in [0.1, 0.15) is 6.04 Å². The lowest BCUT2D eigenvalue weighted by Gasteiger charge is -2.32. The molecule has 0 saturated carbocycles. The third-order valence-electron chi connectivity index (χ3n) is 6.02. The molecule has 0 spiro atoms. The number of carbonyl (C=O) groups excluding carboxylic acids is 2. The van der Waals surface area contributed by atoms with E-state index in [4.69, 9.17) is 11.6 Å². The van der Waals surface area contributed by atoms with E-state index in [-0.39, 0.29) is 18.2 Å². The van der Waals surface area contributed by atoms with Crippen molar-refractivity contribution in [1.82, 2.24) is 10.2 Å². The Bertz CT molecular complexity index is 1250. The molecule has 4 nitrogen and oxygen atoms in total. The number of rotatable bonds is 10.